The lowest BCUT2D eigenvalue weighted by atomic mass is 9.74. The number of piperidine rings is 1. The molecule has 1 saturated heterocycles. The third kappa shape index (κ3) is 2.23. The molecule has 0 spiro atoms. The Balaban J connectivity index is 2.39. The van der Waals surface area contributed by atoms with Gasteiger partial charge in [-0.2, -0.15) is 0 Å². The van der Waals surface area contributed by atoms with Crippen molar-refractivity contribution in [2.75, 3.05) is 0 Å². The van der Waals surface area contributed by atoms with Crippen LogP contribution in [0.5, 0.6) is 0 Å². The first-order valence-corrected chi connectivity index (χ1v) is 5.81. The van der Waals surface area contributed by atoms with Crippen LogP contribution in [0.1, 0.15) is 36.5 Å². The lowest BCUT2D eigenvalue weighted by Crippen LogP contribution is -2.45. The molecule has 2 rings (SSSR count). The fraction of sp³-hybridized carbons (Fsp3) is 0.429. The number of carbonyl (C=O) groups is 2. The number of benzene rings is 1. The van der Waals surface area contributed by atoms with Gasteiger partial charge in [0.1, 0.15) is 0 Å². The van der Waals surface area contributed by atoms with Crippen LogP contribution in [0.25, 0.3) is 0 Å². The Labute approximate surface area is 101 Å². The first-order valence-electron chi connectivity index (χ1n) is 5.81. The van der Waals surface area contributed by atoms with Crippen molar-refractivity contribution < 1.29 is 9.59 Å². The molecule has 0 aromatic heterocycles. The van der Waals surface area contributed by atoms with Gasteiger partial charge in [0.05, 0.1) is 0 Å². The molecule has 0 atom stereocenters. The van der Waals surface area contributed by atoms with Crippen LogP contribution in [0.3, 0.4) is 0 Å². The molecule has 0 radical (unpaired) electrons. The van der Waals surface area contributed by atoms with Crippen LogP contribution in [0.2, 0.25) is 0 Å². The maximum Gasteiger partial charge on any atom is 0.227 e. The molecule has 17 heavy (non-hydrogen) atoms. The molecular weight excluding hydrogens is 214 g/mol. The van der Waals surface area contributed by atoms with E-state index in [9.17, 15) is 9.59 Å². The van der Waals surface area contributed by atoms with Gasteiger partial charge in [-0.25, -0.2) is 0 Å². The van der Waals surface area contributed by atoms with Gasteiger partial charge in [-0.15, -0.1) is 0 Å². The van der Waals surface area contributed by atoms with Crippen LogP contribution >= 0.6 is 0 Å². The van der Waals surface area contributed by atoms with Gasteiger partial charge < -0.3 is 0 Å². The van der Waals surface area contributed by atoms with E-state index in [1.165, 1.54) is 11.1 Å². The Bertz CT molecular complexity index is 475. The second-order valence-electron chi connectivity index (χ2n) is 5.18. The van der Waals surface area contributed by atoms with Gasteiger partial charge in [0.2, 0.25) is 11.8 Å². The van der Waals surface area contributed by atoms with Crippen molar-refractivity contribution >= 4 is 11.8 Å². The molecule has 3 nitrogen and oxygen atoms in total. The first kappa shape index (κ1) is 11.8. The molecule has 90 valence electrons. The summed E-state index contributed by atoms with van der Waals surface area (Å²) < 4.78 is 0. The van der Waals surface area contributed by atoms with Crippen molar-refractivity contribution in [1.82, 2.24) is 5.32 Å². The highest BCUT2D eigenvalue weighted by atomic mass is 16.2. The second kappa shape index (κ2) is 3.99. The average Bonchev–Trinajstić information content (AvgIpc) is 2.19. The zero-order valence-electron chi connectivity index (χ0n) is 10.5. The van der Waals surface area contributed by atoms with Crippen LogP contribution in [-0.4, -0.2) is 11.8 Å². The summed E-state index contributed by atoms with van der Waals surface area (Å²) in [7, 11) is 0. The third-order valence-electron chi connectivity index (χ3n) is 3.58. The molecule has 1 aliphatic rings. The van der Waals surface area contributed by atoms with Gasteiger partial charge in [0.25, 0.3) is 0 Å². The lowest BCUT2D eigenvalue weighted by molar-refractivity contribution is -0.135. The van der Waals surface area contributed by atoms with Gasteiger partial charge in [-0.1, -0.05) is 25.1 Å². The van der Waals surface area contributed by atoms with Crippen molar-refractivity contribution in [2.45, 2.75) is 39.0 Å². The molecule has 1 N–H and O–H groups in total. The van der Waals surface area contributed by atoms with Gasteiger partial charge in [0, 0.05) is 18.3 Å². The Morgan fingerprint density at radius 2 is 1.65 bits per heavy atom. The number of hydrogen-bond acceptors (Lipinski definition) is 2. The standard InChI is InChI=1S/C14H17NO2/c1-9-4-5-11(6-10(9)2)14(3)7-12(16)15-13(17)8-14/h4-6H,7-8H2,1-3H3,(H,15,16,17). The molecule has 0 unspecified atom stereocenters. The van der Waals surface area contributed by atoms with Crippen molar-refractivity contribution in [3.8, 4) is 0 Å². The van der Waals surface area contributed by atoms with Crippen molar-refractivity contribution in [3.05, 3.63) is 34.9 Å². The number of amides is 2. The summed E-state index contributed by atoms with van der Waals surface area (Å²) in [6.07, 6.45) is 0.752. The van der Waals surface area contributed by atoms with E-state index in [1.54, 1.807) is 0 Å². The molecule has 0 saturated carbocycles. The lowest BCUT2D eigenvalue weighted by Gasteiger charge is -2.33. The van der Waals surface area contributed by atoms with Crippen molar-refractivity contribution in [1.29, 1.82) is 0 Å². The summed E-state index contributed by atoms with van der Waals surface area (Å²) in [5.74, 6) is -0.357. The number of imide groups is 1. The largest absolute Gasteiger partial charge is 0.296 e. The predicted octanol–water partition coefficient (Wildman–Crippen LogP) is 2.00. The van der Waals surface area contributed by atoms with E-state index >= 15 is 0 Å². The van der Waals surface area contributed by atoms with Crippen LogP contribution in [-0.2, 0) is 15.0 Å². The van der Waals surface area contributed by atoms with Gasteiger partial charge in [-0.05, 0) is 30.5 Å². The Hall–Kier alpha value is -1.64. The topological polar surface area (TPSA) is 46.2 Å². The maximum absolute atomic E-state index is 11.5. The number of nitrogens with one attached hydrogen (secondary N) is 1. The normalized spacial score (nSPS) is 19.0. The smallest absolute Gasteiger partial charge is 0.227 e. The Morgan fingerprint density at radius 1 is 1.06 bits per heavy atom. The molecule has 1 aromatic carbocycles. The monoisotopic (exact) mass is 231 g/mol. The van der Waals surface area contributed by atoms with E-state index in [0.29, 0.717) is 12.8 Å². The quantitative estimate of drug-likeness (QED) is 0.751. The minimum absolute atomic E-state index is 0.179. The number of carbonyl (C=O) groups excluding carboxylic acids is 2. The van der Waals surface area contributed by atoms with Gasteiger partial charge >= 0.3 is 0 Å². The Kier molecular flexibility index (Phi) is 2.77. The summed E-state index contributed by atoms with van der Waals surface area (Å²) in [4.78, 5) is 23.0. The summed E-state index contributed by atoms with van der Waals surface area (Å²) in [6, 6.07) is 6.16. The van der Waals surface area contributed by atoms with Crippen LogP contribution in [0.15, 0.2) is 18.2 Å². The fourth-order valence-corrected chi connectivity index (χ4v) is 2.34. The minimum atomic E-state index is -0.363. The van der Waals surface area contributed by atoms with E-state index in [-0.39, 0.29) is 17.2 Å². The molecule has 3 heteroatoms. The zero-order chi connectivity index (χ0) is 12.6. The summed E-state index contributed by atoms with van der Waals surface area (Å²) in [6.45, 7) is 6.08. The molecule has 1 aromatic rings. The van der Waals surface area contributed by atoms with E-state index < -0.39 is 0 Å². The minimum Gasteiger partial charge on any atom is -0.296 e. The van der Waals surface area contributed by atoms with Crippen molar-refractivity contribution in [2.24, 2.45) is 0 Å². The second-order valence-corrected chi connectivity index (χ2v) is 5.18. The number of hydrogen-bond donors (Lipinski definition) is 1. The first-order chi connectivity index (χ1) is 7.90. The summed E-state index contributed by atoms with van der Waals surface area (Å²) in [5, 5.41) is 2.35. The molecule has 0 aliphatic carbocycles. The van der Waals surface area contributed by atoms with Crippen LogP contribution in [0.4, 0.5) is 0 Å². The SMILES string of the molecule is Cc1ccc(C2(C)CC(=O)NC(=O)C2)cc1C. The number of rotatable bonds is 1. The highest BCUT2D eigenvalue weighted by Crippen LogP contribution is 2.34. The van der Waals surface area contributed by atoms with E-state index in [2.05, 4.69) is 18.3 Å². The number of aryl methyl sites for hydroxylation is 2. The maximum atomic E-state index is 11.5. The zero-order valence-corrected chi connectivity index (χ0v) is 10.5. The van der Waals surface area contributed by atoms with Crippen molar-refractivity contribution in [3.63, 3.8) is 0 Å². The van der Waals surface area contributed by atoms with E-state index in [1.807, 2.05) is 26.0 Å². The molecular formula is C14H17NO2. The third-order valence-corrected chi connectivity index (χ3v) is 3.58. The fourth-order valence-electron chi connectivity index (χ4n) is 2.34. The van der Waals surface area contributed by atoms with Gasteiger partial charge in [0.15, 0.2) is 0 Å². The highest BCUT2D eigenvalue weighted by Gasteiger charge is 2.37. The summed E-state index contributed by atoms with van der Waals surface area (Å²) >= 11 is 0. The molecule has 0 bridgehead atoms. The molecule has 1 fully saturated rings. The molecule has 1 aliphatic heterocycles. The average molecular weight is 231 g/mol. The van der Waals surface area contributed by atoms with E-state index in [4.69, 9.17) is 0 Å². The summed E-state index contributed by atoms with van der Waals surface area (Å²) in [5.41, 5.74) is 3.13. The Morgan fingerprint density at radius 3 is 2.18 bits per heavy atom. The van der Waals surface area contributed by atoms with Crippen LogP contribution in [0, 0.1) is 13.8 Å². The molecule has 1 heterocycles. The predicted molar refractivity (Wildman–Crippen MR) is 65.7 cm³/mol. The van der Waals surface area contributed by atoms with Crippen LogP contribution < -0.4 is 5.32 Å². The molecule has 2 amide bonds. The van der Waals surface area contributed by atoms with E-state index in [0.717, 1.165) is 5.56 Å². The van der Waals surface area contributed by atoms with Gasteiger partial charge in [-0.3, -0.25) is 14.9 Å². The highest BCUT2D eigenvalue weighted by molar-refractivity contribution is 5.99.